The third-order valence-corrected chi connectivity index (χ3v) is 1.23. The third kappa shape index (κ3) is 9.22. The van der Waals surface area contributed by atoms with Crippen molar-refractivity contribution in [3.8, 4) is 0 Å². The average molecular weight is 149 g/mol. The minimum absolute atomic E-state index is 0.864. The highest BCUT2D eigenvalue weighted by atomic mass is 13.7. The minimum atomic E-state index is 0.864. The van der Waals surface area contributed by atoms with Gasteiger partial charge in [0.15, 0.2) is 0 Å². The Balaban J connectivity index is 3.35. The molecule has 0 unspecified atom stereocenters. The summed E-state index contributed by atoms with van der Waals surface area (Å²) in [6, 6.07) is 0. The highest BCUT2D eigenvalue weighted by molar-refractivity contribution is 5.10. The molecule has 0 saturated heterocycles. The molecule has 0 spiro atoms. The Morgan fingerprint density at radius 2 is 1.64 bits per heavy atom. The van der Waals surface area contributed by atoms with Gasteiger partial charge in [0.05, 0.1) is 0 Å². The van der Waals surface area contributed by atoms with Crippen LogP contribution in [0.5, 0.6) is 0 Å². The van der Waals surface area contributed by atoms with Gasteiger partial charge in [-0.05, 0) is 19.8 Å². The lowest BCUT2D eigenvalue weighted by Gasteiger charge is -1.79. The quantitative estimate of drug-likeness (QED) is 0.523. The van der Waals surface area contributed by atoms with Crippen molar-refractivity contribution in [2.45, 2.75) is 26.2 Å². The van der Waals surface area contributed by atoms with Crippen LogP contribution in [0.25, 0.3) is 0 Å². The zero-order valence-electron chi connectivity index (χ0n) is 7.29. The molecule has 0 aliphatic rings. The van der Waals surface area contributed by atoms with Crippen LogP contribution >= 0.6 is 0 Å². The molecule has 0 aromatic rings. The maximum absolute atomic E-state index is 3.69. The minimum Gasteiger partial charge on any atom is -0.0845 e. The summed E-state index contributed by atoms with van der Waals surface area (Å²) in [6.07, 6.45) is 15.6. The predicted molar refractivity (Wildman–Crippen MR) is 52.3 cm³/mol. The molecule has 0 aliphatic carbocycles. The molecule has 0 aromatic heterocycles. The zero-order chi connectivity index (χ0) is 8.36. The van der Waals surface area contributed by atoms with Crippen LogP contribution in [0, 0.1) is 6.92 Å². The number of hydrogen-bond donors (Lipinski definition) is 0. The number of unbranched alkanes of at least 4 members (excludes halogenated alkanes) is 1. The van der Waals surface area contributed by atoms with Gasteiger partial charge in [-0.25, -0.2) is 0 Å². The Labute approximate surface area is 70.3 Å². The molecule has 0 saturated carbocycles. The summed E-state index contributed by atoms with van der Waals surface area (Å²) in [6.45, 7) is 5.87. The fourth-order valence-electron chi connectivity index (χ4n) is 0.645. The van der Waals surface area contributed by atoms with E-state index in [1.54, 1.807) is 0 Å². The Bertz CT molecular complexity index is 138. The molecule has 0 bridgehead atoms. The number of allylic oxidation sites excluding steroid dienone is 6. The van der Waals surface area contributed by atoms with E-state index in [-0.39, 0.29) is 0 Å². The molecule has 0 heteroatoms. The first-order valence-electron chi connectivity index (χ1n) is 4.19. The van der Waals surface area contributed by atoms with Crippen LogP contribution in [0.1, 0.15) is 26.2 Å². The van der Waals surface area contributed by atoms with Crippen molar-refractivity contribution in [2.75, 3.05) is 0 Å². The van der Waals surface area contributed by atoms with Gasteiger partial charge in [-0.2, -0.15) is 0 Å². The molecule has 0 aliphatic heterocycles. The summed E-state index contributed by atoms with van der Waals surface area (Å²) in [5.41, 5.74) is 0. The second kappa shape index (κ2) is 9.22. The van der Waals surface area contributed by atoms with E-state index in [2.05, 4.69) is 26.0 Å². The Kier molecular flexibility index (Phi) is 8.57. The van der Waals surface area contributed by atoms with Crippen molar-refractivity contribution in [3.63, 3.8) is 0 Å². The molecule has 61 valence electrons. The molecule has 0 fully saturated rings. The van der Waals surface area contributed by atoms with Gasteiger partial charge in [-0.1, -0.05) is 49.8 Å². The van der Waals surface area contributed by atoms with Gasteiger partial charge in [0.2, 0.25) is 0 Å². The number of hydrogen-bond acceptors (Lipinski definition) is 0. The lowest BCUT2D eigenvalue weighted by molar-refractivity contribution is 0.959. The van der Waals surface area contributed by atoms with Gasteiger partial charge in [0.1, 0.15) is 0 Å². The summed E-state index contributed by atoms with van der Waals surface area (Å²) in [5, 5.41) is 0. The second-order valence-electron chi connectivity index (χ2n) is 2.32. The highest BCUT2D eigenvalue weighted by Crippen LogP contribution is 1.89. The van der Waals surface area contributed by atoms with Crippen molar-refractivity contribution in [1.82, 2.24) is 0 Å². The van der Waals surface area contributed by atoms with E-state index in [9.17, 15) is 0 Å². The van der Waals surface area contributed by atoms with E-state index in [0.29, 0.717) is 0 Å². The van der Waals surface area contributed by atoms with Gasteiger partial charge in [0, 0.05) is 0 Å². The van der Waals surface area contributed by atoms with Gasteiger partial charge < -0.3 is 0 Å². The van der Waals surface area contributed by atoms with E-state index >= 15 is 0 Å². The topological polar surface area (TPSA) is 0 Å². The Hall–Kier alpha value is -0.780. The summed E-state index contributed by atoms with van der Waals surface area (Å²) in [7, 11) is 0. The van der Waals surface area contributed by atoms with Crippen LogP contribution in [-0.4, -0.2) is 0 Å². The predicted octanol–water partition coefficient (Wildman–Crippen LogP) is 3.68. The van der Waals surface area contributed by atoms with Gasteiger partial charge in [-0.3, -0.25) is 0 Å². The zero-order valence-corrected chi connectivity index (χ0v) is 7.29. The van der Waals surface area contributed by atoms with Crippen LogP contribution in [0.2, 0.25) is 0 Å². The SMILES string of the molecule is [CH2]C/C=C/C=C/C=C/CCC. The van der Waals surface area contributed by atoms with Gasteiger partial charge in [-0.15, -0.1) is 0 Å². The van der Waals surface area contributed by atoms with Crippen LogP contribution in [0.4, 0.5) is 0 Å². The Morgan fingerprint density at radius 1 is 1.00 bits per heavy atom. The monoisotopic (exact) mass is 149 g/mol. The van der Waals surface area contributed by atoms with Crippen molar-refractivity contribution < 1.29 is 0 Å². The van der Waals surface area contributed by atoms with Crippen molar-refractivity contribution in [3.05, 3.63) is 43.4 Å². The fraction of sp³-hybridized carbons (Fsp3) is 0.364. The molecule has 0 amide bonds. The van der Waals surface area contributed by atoms with E-state index in [4.69, 9.17) is 0 Å². The molecule has 0 nitrogen and oxygen atoms in total. The average Bonchev–Trinajstić information content (AvgIpc) is 2.03. The maximum atomic E-state index is 3.69. The summed E-state index contributed by atoms with van der Waals surface area (Å²) < 4.78 is 0. The normalized spacial score (nSPS) is 12.5. The lowest BCUT2D eigenvalue weighted by Crippen LogP contribution is -1.58. The summed E-state index contributed by atoms with van der Waals surface area (Å²) in [5.74, 6) is 0. The molecular formula is C11H17. The molecule has 0 N–H and O–H groups in total. The van der Waals surface area contributed by atoms with Crippen LogP contribution < -0.4 is 0 Å². The number of rotatable bonds is 5. The molecule has 0 aromatic carbocycles. The van der Waals surface area contributed by atoms with E-state index in [1.807, 2.05) is 24.3 Å². The van der Waals surface area contributed by atoms with E-state index < -0.39 is 0 Å². The summed E-state index contributed by atoms with van der Waals surface area (Å²) >= 11 is 0. The molecule has 1 radical (unpaired) electrons. The molecule has 0 atom stereocenters. The molecular weight excluding hydrogens is 132 g/mol. The lowest BCUT2D eigenvalue weighted by atomic mass is 10.3. The second-order valence-corrected chi connectivity index (χ2v) is 2.32. The first-order valence-corrected chi connectivity index (χ1v) is 4.19. The largest absolute Gasteiger partial charge is 0.0845 e. The molecule has 11 heavy (non-hydrogen) atoms. The fourth-order valence-corrected chi connectivity index (χ4v) is 0.645. The maximum Gasteiger partial charge on any atom is -0.0347 e. The third-order valence-electron chi connectivity index (χ3n) is 1.23. The van der Waals surface area contributed by atoms with Crippen molar-refractivity contribution in [1.29, 1.82) is 0 Å². The van der Waals surface area contributed by atoms with E-state index in [0.717, 1.165) is 6.42 Å². The van der Waals surface area contributed by atoms with Gasteiger partial charge >= 0.3 is 0 Å². The van der Waals surface area contributed by atoms with E-state index in [1.165, 1.54) is 12.8 Å². The van der Waals surface area contributed by atoms with Crippen LogP contribution in [-0.2, 0) is 0 Å². The van der Waals surface area contributed by atoms with Crippen LogP contribution in [0.15, 0.2) is 36.5 Å². The molecule has 0 heterocycles. The first kappa shape index (κ1) is 10.2. The smallest absolute Gasteiger partial charge is 0.0347 e. The summed E-state index contributed by atoms with van der Waals surface area (Å²) in [4.78, 5) is 0. The van der Waals surface area contributed by atoms with Gasteiger partial charge in [0.25, 0.3) is 0 Å². The highest BCUT2D eigenvalue weighted by Gasteiger charge is 1.68. The van der Waals surface area contributed by atoms with Crippen LogP contribution in [0.3, 0.4) is 0 Å². The standard InChI is InChI=1S/C11H17/c1-3-5-7-9-11-10-8-6-4-2/h5,7-11H,1,3-4,6H2,2H3/b7-5+,10-8+,11-9+. The first-order chi connectivity index (χ1) is 5.41. The Morgan fingerprint density at radius 3 is 2.18 bits per heavy atom. The molecule has 0 rings (SSSR count). The van der Waals surface area contributed by atoms with Crippen molar-refractivity contribution in [2.24, 2.45) is 0 Å². The van der Waals surface area contributed by atoms with Crippen molar-refractivity contribution >= 4 is 0 Å².